The molecule has 0 spiro atoms. The largest absolute Gasteiger partial charge is 0.336 e. The van der Waals surface area contributed by atoms with Crippen LogP contribution in [0.15, 0.2) is 36.7 Å². The number of aromatic nitrogens is 2. The third-order valence-corrected chi connectivity index (χ3v) is 3.92. The summed E-state index contributed by atoms with van der Waals surface area (Å²) in [5, 5.41) is 4.17. The first-order valence-corrected chi connectivity index (χ1v) is 7.36. The number of benzene rings is 1. The van der Waals surface area contributed by atoms with E-state index in [1.54, 1.807) is 16.8 Å². The zero-order chi connectivity index (χ0) is 15.5. The minimum absolute atomic E-state index is 0.0268. The van der Waals surface area contributed by atoms with Crippen LogP contribution in [0.4, 0.5) is 4.39 Å². The summed E-state index contributed by atoms with van der Waals surface area (Å²) in [4.78, 5) is 16.5. The summed E-state index contributed by atoms with van der Waals surface area (Å²) in [6.45, 7) is 3.91. The molecule has 1 saturated heterocycles. The third-order valence-electron chi connectivity index (χ3n) is 3.92. The van der Waals surface area contributed by atoms with Crippen LogP contribution in [0.25, 0.3) is 0 Å². The number of carbonyl (C=O) groups excluding carboxylic acids is 1. The van der Waals surface area contributed by atoms with Crippen molar-refractivity contribution in [1.82, 2.24) is 19.6 Å². The fourth-order valence-corrected chi connectivity index (χ4v) is 2.70. The highest BCUT2D eigenvalue weighted by atomic mass is 19.1. The van der Waals surface area contributed by atoms with Gasteiger partial charge in [0.1, 0.15) is 5.82 Å². The maximum Gasteiger partial charge on any atom is 0.253 e. The average molecular weight is 302 g/mol. The first-order valence-electron chi connectivity index (χ1n) is 7.36. The summed E-state index contributed by atoms with van der Waals surface area (Å²) in [7, 11) is 1.91. The van der Waals surface area contributed by atoms with E-state index >= 15 is 0 Å². The van der Waals surface area contributed by atoms with Gasteiger partial charge in [-0.15, -0.1) is 0 Å². The average Bonchev–Trinajstić information content (AvgIpc) is 2.93. The molecule has 0 atom stereocenters. The summed E-state index contributed by atoms with van der Waals surface area (Å²) in [5.41, 5.74) is 1.72. The minimum atomic E-state index is -0.321. The van der Waals surface area contributed by atoms with Crippen LogP contribution in [0.3, 0.4) is 0 Å². The normalized spacial score (nSPS) is 16.0. The Morgan fingerprint density at radius 1 is 1.18 bits per heavy atom. The fourth-order valence-electron chi connectivity index (χ4n) is 2.70. The van der Waals surface area contributed by atoms with Crippen LogP contribution in [0.1, 0.15) is 15.9 Å². The molecule has 2 heterocycles. The highest BCUT2D eigenvalue weighted by Gasteiger charge is 2.22. The van der Waals surface area contributed by atoms with E-state index in [0.717, 1.165) is 19.6 Å². The molecule has 0 radical (unpaired) electrons. The van der Waals surface area contributed by atoms with Gasteiger partial charge >= 0.3 is 0 Å². The van der Waals surface area contributed by atoms with Crippen molar-refractivity contribution >= 4 is 5.91 Å². The van der Waals surface area contributed by atoms with Crippen LogP contribution in [-0.4, -0.2) is 51.7 Å². The Kier molecular flexibility index (Phi) is 4.20. The number of nitrogens with zero attached hydrogens (tertiary/aromatic N) is 4. The first kappa shape index (κ1) is 14.7. The van der Waals surface area contributed by atoms with Gasteiger partial charge in [0.15, 0.2) is 0 Å². The van der Waals surface area contributed by atoms with Crippen LogP contribution in [-0.2, 0) is 13.6 Å². The molecule has 1 aromatic heterocycles. The number of piperazine rings is 1. The number of aryl methyl sites for hydroxylation is 1. The predicted molar refractivity (Wildman–Crippen MR) is 80.8 cm³/mol. The summed E-state index contributed by atoms with van der Waals surface area (Å²) in [6.07, 6.45) is 3.88. The van der Waals surface area contributed by atoms with E-state index in [4.69, 9.17) is 0 Å². The number of hydrogen-bond donors (Lipinski definition) is 0. The van der Waals surface area contributed by atoms with Crippen molar-refractivity contribution < 1.29 is 9.18 Å². The van der Waals surface area contributed by atoms with Crippen molar-refractivity contribution in [3.8, 4) is 0 Å². The first-order chi connectivity index (χ1) is 10.6. The van der Waals surface area contributed by atoms with E-state index in [-0.39, 0.29) is 11.7 Å². The number of rotatable bonds is 3. The van der Waals surface area contributed by atoms with E-state index in [1.807, 2.05) is 24.3 Å². The Labute approximate surface area is 128 Å². The predicted octanol–water partition coefficient (Wildman–Crippen LogP) is 1.52. The smallest absolute Gasteiger partial charge is 0.253 e. The van der Waals surface area contributed by atoms with Gasteiger partial charge < -0.3 is 4.90 Å². The molecule has 1 aromatic carbocycles. The molecule has 1 aliphatic heterocycles. The molecule has 0 saturated carbocycles. The number of hydrogen-bond acceptors (Lipinski definition) is 3. The molecular formula is C16H19FN4O. The van der Waals surface area contributed by atoms with Crippen molar-refractivity contribution in [3.63, 3.8) is 0 Å². The molecule has 1 fully saturated rings. The second-order valence-electron chi connectivity index (χ2n) is 5.60. The minimum Gasteiger partial charge on any atom is -0.336 e. The topological polar surface area (TPSA) is 41.4 Å². The summed E-state index contributed by atoms with van der Waals surface area (Å²) < 4.78 is 14.7. The second-order valence-corrected chi connectivity index (χ2v) is 5.60. The molecule has 0 unspecified atom stereocenters. The van der Waals surface area contributed by atoms with E-state index in [9.17, 15) is 9.18 Å². The Morgan fingerprint density at radius 2 is 1.86 bits per heavy atom. The third kappa shape index (κ3) is 3.33. The summed E-state index contributed by atoms with van der Waals surface area (Å²) in [5.74, 6) is -0.348. The Hall–Kier alpha value is -2.21. The van der Waals surface area contributed by atoms with Crippen molar-refractivity contribution in [2.75, 3.05) is 26.2 Å². The van der Waals surface area contributed by atoms with E-state index in [0.29, 0.717) is 18.7 Å². The molecule has 0 N–H and O–H groups in total. The molecule has 116 valence electrons. The van der Waals surface area contributed by atoms with Gasteiger partial charge in [0, 0.05) is 57.1 Å². The zero-order valence-corrected chi connectivity index (χ0v) is 12.6. The molecule has 6 heteroatoms. The van der Waals surface area contributed by atoms with E-state index in [2.05, 4.69) is 10.00 Å². The number of halogens is 1. The molecular weight excluding hydrogens is 283 g/mol. The van der Waals surface area contributed by atoms with Crippen LogP contribution in [0.2, 0.25) is 0 Å². The van der Waals surface area contributed by atoms with Gasteiger partial charge in [-0.2, -0.15) is 5.10 Å². The highest BCUT2D eigenvalue weighted by Crippen LogP contribution is 2.12. The molecule has 3 rings (SSSR count). The number of carbonyl (C=O) groups is 1. The van der Waals surface area contributed by atoms with Crippen LogP contribution < -0.4 is 0 Å². The van der Waals surface area contributed by atoms with Crippen molar-refractivity contribution in [3.05, 3.63) is 53.6 Å². The van der Waals surface area contributed by atoms with E-state index < -0.39 is 0 Å². The van der Waals surface area contributed by atoms with Crippen LogP contribution in [0.5, 0.6) is 0 Å². The van der Waals surface area contributed by atoms with Gasteiger partial charge in [0.2, 0.25) is 0 Å². The van der Waals surface area contributed by atoms with Crippen molar-refractivity contribution in [1.29, 1.82) is 0 Å². The van der Waals surface area contributed by atoms with Crippen molar-refractivity contribution in [2.24, 2.45) is 7.05 Å². The second kappa shape index (κ2) is 6.27. The lowest BCUT2D eigenvalue weighted by atomic mass is 10.1. The van der Waals surface area contributed by atoms with Gasteiger partial charge in [-0.1, -0.05) is 0 Å². The van der Waals surface area contributed by atoms with E-state index in [1.165, 1.54) is 17.7 Å². The van der Waals surface area contributed by atoms with Gasteiger partial charge in [0.05, 0.1) is 6.20 Å². The standard InChI is InChI=1S/C16H19FN4O/c1-19-11-13(10-18-19)12-20-6-8-21(9-7-20)16(22)14-2-4-15(17)5-3-14/h2-5,10-11H,6-9,12H2,1H3. The lowest BCUT2D eigenvalue weighted by Gasteiger charge is -2.34. The molecule has 5 nitrogen and oxygen atoms in total. The maximum atomic E-state index is 12.9. The highest BCUT2D eigenvalue weighted by molar-refractivity contribution is 5.94. The number of amides is 1. The molecule has 2 aromatic rings. The Bertz CT molecular complexity index is 644. The van der Waals surface area contributed by atoms with Crippen LogP contribution >= 0.6 is 0 Å². The van der Waals surface area contributed by atoms with Crippen LogP contribution in [0, 0.1) is 5.82 Å². The zero-order valence-electron chi connectivity index (χ0n) is 12.6. The lowest BCUT2D eigenvalue weighted by Crippen LogP contribution is -2.48. The SMILES string of the molecule is Cn1cc(CN2CCN(C(=O)c3ccc(F)cc3)CC2)cn1. The van der Waals surface area contributed by atoms with Gasteiger partial charge in [0.25, 0.3) is 5.91 Å². The summed E-state index contributed by atoms with van der Waals surface area (Å²) in [6, 6.07) is 5.73. The summed E-state index contributed by atoms with van der Waals surface area (Å²) >= 11 is 0. The molecule has 0 bridgehead atoms. The monoisotopic (exact) mass is 302 g/mol. The van der Waals surface area contributed by atoms with Gasteiger partial charge in [-0.25, -0.2) is 4.39 Å². The lowest BCUT2D eigenvalue weighted by molar-refractivity contribution is 0.0628. The Balaban J connectivity index is 1.55. The molecule has 22 heavy (non-hydrogen) atoms. The maximum absolute atomic E-state index is 12.9. The molecule has 1 aliphatic rings. The van der Waals surface area contributed by atoms with Gasteiger partial charge in [-0.3, -0.25) is 14.4 Å². The quantitative estimate of drug-likeness (QED) is 0.863. The molecule has 0 aliphatic carbocycles. The van der Waals surface area contributed by atoms with Gasteiger partial charge in [-0.05, 0) is 24.3 Å². The fraction of sp³-hybridized carbons (Fsp3) is 0.375. The molecule has 1 amide bonds. The van der Waals surface area contributed by atoms with Crippen molar-refractivity contribution in [2.45, 2.75) is 6.54 Å². The Morgan fingerprint density at radius 3 is 2.45 bits per heavy atom.